The van der Waals surface area contributed by atoms with E-state index in [1.54, 1.807) is 6.92 Å². The van der Waals surface area contributed by atoms with Crippen molar-refractivity contribution in [3.05, 3.63) is 33.6 Å². The zero-order valence-electron chi connectivity index (χ0n) is 8.48. The molecule has 1 N–H and O–H groups in total. The number of carbonyl (C=O) groups is 1. The topological polar surface area (TPSA) is 85.1 Å². The number of hydrogen-bond acceptors (Lipinski definition) is 4. The minimum Gasteiger partial charge on any atom is -0.352 e. The van der Waals surface area contributed by atoms with Gasteiger partial charge in [0.1, 0.15) is 11.3 Å². The Morgan fingerprint density at radius 1 is 1.67 bits per heavy atom. The molecule has 1 rings (SSSR count). The van der Waals surface area contributed by atoms with Crippen molar-refractivity contribution >= 4 is 11.6 Å². The van der Waals surface area contributed by atoms with Gasteiger partial charge in [0.2, 0.25) is 0 Å². The van der Waals surface area contributed by atoms with E-state index in [0.717, 1.165) is 0 Å². The lowest BCUT2D eigenvalue weighted by Crippen LogP contribution is -2.24. The Labute approximate surface area is 86.5 Å². The van der Waals surface area contributed by atoms with Crippen LogP contribution in [0, 0.1) is 17.0 Å². The fraction of sp³-hybridized carbons (Fsp3) is 0.333. The van der Waals surface area contributed by atoms with E-state index in [1.165, 1.54) is 19.2 Å². The van der Waals surface area contributed by atoms with Crippen molar-refractivity contribution in [1.29, 1.82) is 0 Å². The van der Waals surface area contributed by atoms with Gasteiger partial charge < -0.3 is 5.32 Å². The van der Waals surface area contributed by atoms with E-state index in [2.05, 4.69) is 10.3 Å². The monoisotopic (exact) mass is 209 g/mol. The van der Waals surface area contributed by atoms with Gasteiger partial charge in [-0.25, -0.2) is 0 Å². The van der Waals surface area contributed by atoms with Crippen LogP contribution in [0.1, 0.15) is 23.0 Å². The lowest BCUT2D eigenvalue weighted by molar-refractivity contribution is -0.386. The van der Waals surface area contributed by atoms with Crippen LogP contribution in [-0.4, -0.2) is 22.4 Å². The van der Waals surface area contributed by atoms with Crippen molar-refractivity contribution in [2.24, 2.45) is 0 Å². The maximum Gasteiger partial charge on any atom is 0.303 e. The standard InChI is InChI=1S/C9H11N3O3/c1-3-10-9(13)7-4-5-11-6(2)8(7)12(14)15/h4-5H,3H2,1-2H3,(H,10,13). The van der Waals surface area contributed by atoms with Crippen LogP contribution < -0.4 is 5.32 Å². The first-order chi connectivity index (χ1) is 7.07. The van der Waals surface area contributed by atoms with Gasteiger partial charge in [-0.1, -0.05) is 0 Å². The van der Waals surface area contributed by atoms with Crippen LogP contribution >= 0.6 is 0 Å². The molecule has 15 heavy (non-hydrogen) atoms. The summed E-state index contributed by atoms with van der Waals surface area (Å²) in [5, 5.41) is 13.2. The molecule has 0 atom stereocenters. The second-order valence-electron chi connectivity index (χ2n) is 2.91. The Morgan fingerprint density at radius 2 is 2.33 bits per heavy atom. The predicted molar refractivity (Wildman–Crippen MR) is 53.6 cm³/mol. The summed E-state index contributed by atoms with van der Waals surface area (Å²) in [5.41, 5.74) is 0.0570. The second-order valence-corrected chi connectivity index (χ2v) is 2.91. The van der Waals surface area contributed by atoms with Gasteiger partial charge in [-0.05, 0) is 19.9 Å². The normalized spacial score (nSPS) is 9.73. The van der Waals surface area contributed by atoms with E-state index in [-0.39, 0.29) is 16.9 Å². The Hall–Kier alpha value is -1.98. The predicted octanol–water partition coefficient (Wildman–Crippen LogP) is 1.05. The summed E-state index contributed by atoms with van der Waals surface area (Å²) in [5.74, 6) is -0.449. The highest BCUT2D eigenvalue weighted by atomic mass is 16.6. The fourth-order valence-electron chi connectivity index (χ4n) is 1.23. The first-order valence-electron chi connectivity index (χ1n) is 4.46. The molecule has 0 aliphatic rings. The maximum absolute atomic E-state index is 11.5. The molecule has 1 heterocycles. The molecule has 0 unspecified atom stereocenters. The molecule has 0 fully saturated rings. The summed E-state index contributed by atoms with van der Waals surface area (Å²) in [6.45, 7) is 3.68. The summed E-state index contributed by atoms with van der Waals surface area (Å²) < 4.78 is 0. The fourth-order valence-corrected chi connectivity index (χ4v) is 1.23. The molecule has 1 amide bonds. The zero-order valence-corrected chi connectivity index (χ0v) is 8.48. The number of aryl methyl sites for hydroxylation is 1. The smallest absolute Gasteiger partial charge is 0.303 e. The number of nitrogens with one attached hydrogen (secondary N) is 1. The molecule has 0 aliphatic heterocycles. The zero-order chi connectivity index (χ0) is 11.4. The number of hydrogen-bond donors (Lipinski definition) is 1. The molecule has 6 nitrogen and oxygen atoms in total. The van der Waals surface area contributed by atoms with Gasteiger partial charge in [-0.15, -0.1) is 0 Å². The highest BCUT2D eigenvalue weighted by Gasteiger charge is 2.22. The van der Waals surface area contributed by atoms with Crippen molar-refractivity contribution in [3.8, 4) is 0 Å². The van der Waals surface area contributed by atoms with Crippen LogP contribution in [0.25, 0.3) is 0 Å². The number of aromatic nitrogens is 1. The third-order valence-electron chi connectivity index (χ3n) is 1.87. The van der Waals surface area contributed by atoms with Crippen LogP contribution in [0.15, 0.2) is 12.3 Å². The minimum absolute atomic E-state index is 0.0503. The molecule has 80 valence electrons. The number of amides is 1. The van der Waals surface area contributed by atoms with Crippen LogP contribution in [0.5, 0.6) is 0 Å². The van der Waals surface area contributed by atoms with Gasteiger partial charge in [0.05, 0.1) is 4.92 Å². The van der Waals surface area contributed by atoms with E-state index in [9.17, 15) is 14.9 Å². The Balaban J connectivity index is 3.23. The van der Waals surface area contributed by atoms with Crippen molar-refractivity contribution in [3.63, 3.8) is 0 Å². The van der Waals surface area contributed by atoms with E-state index in [0.29, 0.717) is 6.54 Å². The van der Waals surface area contributed by atoms with Crippen molar-refractivity contribution < 1.29 is 9.72 Å². The average molecular weight is 209 g/mol. The number of carbonyl (C=O) groups excluding carboxylic acids is 1. The van der Waals surface area contributed by atoms with Crippen molar-refractivity contribution in [2.75, 3.05) is 6.54 Å². The van der Waals surface area contributed by atoms with Gasteiger partial charge in [0.25, 0.3) is 5.91 Å². The minimum atomic E-state index is -0.590. The molecule has 0 spiro atoms. The Kier molecular flexibility index (Phi) is 3.33. The molecule has 0 saturated carbocycles. The molecule has 0 bridgehead atoms. The summed E-state index contributed by atoms with van der Waals surface area (Å²) in [4.78, 5) is 25.4. The van der Waals surface area contributed by atoms with Crippen LogP contribution in [0.2, 0.25) is 0 Å². The molecule has 0 radical (unpaired) electrons. The molecular formula is C9H11N3O3. The third kappa shape index (κ3) is 2.28. The van der Waals surface area contributed by atoms with Crippen LogP contribution in [-0.2, 0) is 0 Å². The highest BCUT2D eigenvalue weighted by molar-refractivity contribution is 5.98. The Bertz CT molecular complexity index is 404. The number of rotatable bonds is 3. The van der Waals surface area contributed by atoms with Crippen LogP contribution in [0.3, 0.4) is 0 Å². The maximum atomic E-state index is 11.5. The van der Waals surface area contributed by atoms with Crippen molar-refractivity contribution in [2.45, 2.75) is 13.8 Å². The van der Waals surface area contributed by atoms with Gasteiger partial charge in [0, 0.05) is 12.7 Å². The van der Waals surface area contributed by atoms with E-state index >= 15 is 0 Å². The first-order valence-corrected chi connectivity index (χ1v) is 4.46. The third-order valence-corrected chi connectivity index (χ3v) is 1.87. The lowest BCUT2D eigenvalue weighted by Gasteiger charge is -2.04. The summed E-state index contributed by atoms with van der Waals surface area (Å²) in [6, 6.07) is 1.34. The van der Waals surface area contributed by atoms with E-state index in [1.807, 2.05) is 0 Å². The number of nitro groups is 1. The molecule has 1 aromatic heterocycles. The van der Waals surface area contributed by atoms with Gasteiger partial charge in [-0.3, -0.25) is 19.9 Å². The summed E-state index contributed by atoms with van der Waals surface area (Å²) in [7, 11) is 0. The summed E-state index contributed by atoms with van der Waals surface area (Å²) >= 11 is 0. The molecular weight excluding hydrogens is 198 g/mol. The quantitative estimate of drug-likeness (QED) is 0.595. The van der Waals surface area contributed by atoms with Gasteiger partial charge >= 0.3 is 5.69 Å². The summed E-state index contributed by atoms with van der Waals surface area (Å²) in [6.07, 6.45) is 1.38. The second kappa shape index (κ2) is 4.50. The highest BCUT2D eigenvalue weighted by Crippen LogP contribution is 2.20. The molecule has 0 saturated heterocycles. The molecule has 6 heteroatoms. The number of pyridine rings is 1. The van der Waals surface area contributed by atoms with Gasteiger partial charge in [0.15, 0.2) is 0 Å². The van der Waals surface area contributed by atoms with Crippen LogP contribution in [0.4, 0.5) is 5.69 Å². The average Bonchev–Trinajstić information content (AvgIpc) is 2.17. The molecule has 1 aromatic rings. The van der Waals surface area contributed by atoms with Gasteiger partial charge in [-0.2, -0.15) is 0 Å². The Morgan fingerprint density at radius 3 is 2.87 bits per heavy atom. The van der Waals surface area contributed by atoms with E-state index in [4.69, 9.17) is 0 Å². The molecule has 0 aliphatic carbocycles. The first kappa shape index (κ1) is 11.1. The SMILES string of the molecule is CCNC(=O)c1ccnc(C)c1[N+](=O)[O-]. The van der Waals surface area contributed by atoms with Crippen molar-refractivity contribution in [1.82, 2.24) is 10.3 Å². The lowest BCUT2D eigenvalue weighted by atomic mass is 10.1. The molecule has 0 aromatic carbocycles. The van der Waals surface area contributed by atoms with E-state index < -0.39 is 10.8 Å². The number of nitrogens with zero attached hydrogens (tertiary/aromatic N) is 2. The largest absolute Gasteiger partial charge is 0.352 e.